The molecule has 0 unspecified atom stereocenters. The van der Waals surface area contributed by atoms with Crippen molar-refractivity contribution in [2.75, 3.05) is 6.54 Å². The highest BCUT2D eigenvalue weighted by atomic mass is 16.4. The number of carbonyl (C=O) groups excluding carboxylic acids is 1. The molecule has 90 valence electrons. The van der Waals surface area contributed by atoms with Crippen molar-refractivity contribution in [3.05, 3.63) is 35.5 Å². The number of hydrogen-bond acceptors (Lipinski definition) is 3. The Morgan fingerprint density at radius 2 is 2.29 bits per heavy atom. The van der Waals surface area contributed by atoms with Crippen molar-refractivity contribution in [2.45, 2.75) is 13.0 Å². The van der Waals surface area contributed by atoms with Crippen LogP contribution in [0.1, 0.15) is 11.1 Å². The van der Waals surface area contributed by atoms with E-state index in [1.165, 1.54) is 0 Å². The van der Waals surface area contributed by atoms with Gasteiger partial charge >= 0.3 is 0 Å². The number of rotatable bonds is 4. The highest BCUT2D eigenvalue weighted by Gasteiger charge is 2.03. The van der Waals surface area contributed by atoms with Crippen LogP contribution < -0.4 is 16.2 Å². The standard InChI is InChI=1S/C12H15N3O2/c13-4-3-9-7-14-11-2-1-8(5-10(9)11)6-15-12(16)17/h1-2,5,7,14-15H,3-4,6,13H2,(H,16,17)/p-1. The fraction of sp³-hybridized carbons (Fsp3) is 0.250. The minimum absolute atomic E-state index is 0.255. The van der Waals surface area contributed by atoms with Gasteiger partial charge in [-0.25, -0.2) is 0 Å². The average molecular weight is 232 g/mol. The van der Waals surface area contributed by atoms with Crippen LogP contribution in [-0.2, 0) is 13.0 Å². The van der Waals surface area contributed by atoms with Gasteiger partial charge in [0, 0.05) is 23.6 Å². The van der Waals surface area contributed by atoms with Gasteiger partial charge in [0.15, 0.2) is 0 Å². The van der Waals surface area contributed by atoms with Crippen molar-refractivity contribution in [2.24, 2.45) is 5.73 Å². The summed E-state index contributed by atoms with van der Waals surface area (Å²) in [6, 6.07) is 5.77. The molecular formula is C12H14N3O2-. The molecule has 1 heterocycles. The Morgan fingerprint density at radius 1 is 1.47 bits per heavy atom. The molecule has 5 heteroatoms. The van der Waals surface area contributed by atoms with E-state index in [1.807, 2.05) is 24.4 Å². The first-order valence-electron chi connectivity index (χ1n) is 5.44. The third kappa shape index (κ3) is 2.57. The quantitative estimate of drug-likeness (QED) is 0.698. The molecule has 0 saturated carbocycles. The van der Waals surface area contributed by atoms with Crippen molar-refractivity contribution < 1.29 is 9.90 Å². The number of aromatic nitrogens is 1. The summed E-state index contributed by atoms with van der Waals surface area (Å²) < 4.78 is 0. The molecule has 1 amide bonds. The second-order valence-corrected chi connectivity index (χ2v) is 3.87. The van der Waals surface area contributed by atoms with Crippen molar-refractivity contribution in [3.63, 3.8) is 0 Å². The number of H-pyrrole nitrogens is 1. The monoisotopic (exact) mass is 232 g/mol. The van der Waals surface area contributed by atoms with Crippen molar-refractivity contribution in [1.82, 2.24) is 10.3 Å². The van der Waals surface area contributed by atoms with Crippen LogP contribution in [0.3, 0.4) is 0 Å². The SMILES string of the molecule is NCCc1c[nH]c2ccc(CNC(=O)[O-])cc12. The number of hydrogen-bond donors (Lipinski definition) is 3. The largest absolute Gasteiger partial charge is 0.530 e. The van der Waals surface area contributed by atoms with Gasteiger partial charge in [-0.2, -0.15) is 0 Å². The van der Waals surface area contributed by atoms with E-state index in [0.717, 1.165) is 28.5 Å². The first kappa shape index (κ1) is 11.5. The fourth-order valence-electron chi connectivity index (χ4n) is 1.87. The smallest absolute Gasteiger partial charge is 0.134 e. The maximum Gasteiger partial charge on any atom is 0.134 e. The number of aromatic amines is 1. The second-order valence-electron chi connectivity index (χ2n) is 3.87. The van der Waals surface area contributed by atoms with E-state index >= 15 is 0 Å². The number of carbonyl (C=O) groups is 1. The Bertz CT molecular complexity index is 534. The van der Waals surface area contributed by atoms with Crippen molar-refractivity contribution in [1.29, 1.82) is 0 Å². The van der Waals surface area contributed by atoms with Crippen LogP contribution >= 0.6 is 0 Å². The van der Waals surface area contributed by atoms with E-state index in [2.05, 4.69) is 10.3 Å². The molecule has 0 aliphatic heterocycles. The van der Waals surface area contributed by atoms with Crippen LogP contribution in [0.25, 0.3) is 10.9 Å². The Labute approximate surface area is 98.6 Å². The summed E-state index contributed by atoms with van der Waals surface area (Å²) in [5.74, 6) is 0. The van der Waals surface area contributed by atoms with Gasteiger partial charge < -0.3 is 25.9 Å². The molecule has 0 atom stereocenters. The van der Waals surface area contributed by atoms with Crippen LogP contribution in [0, 0.1) is 0 Å². The molecule has 1 aromatic carbocycles. The summed E-state index contributed by atoms with van der Waals surface area (Å²) >= 11 is 0. The highest BCUT2D eigenvalue weighted by Crippen LogP contribution is 2.20. The topological polar surface area (TPSA) is 94.0 Å². The van der Waals surface area contributed by atoms with Gasteiger partial charge in [0.1, 0.15) is 6.09 Å². The molecule has 2 rings (SSSR count). The van der Waals surface area contributed by atoms with Gasteiger partial charge in [0.2, 0.25) is 0 Å². The molecule has 0 bridgehead atoms. The molecule has 4 N–H and O–H groups in total. The van der Waals surface area contributed by atoms with Crippen LogP contribution in [0.15, 0.2) is 24.4 Å². The third-order valence-corrected chi connectivity index (χ3v) is 2.68. The first-order chi connectivity index (χ1) is 8.20. The van der Waals surface area contributed by atoms with Gasteiger partial charge in [0.25, 0.3) is 0 Å². The first-order valence-corrected chi connectivity index (χ1v) is 5.44. The van der Waals surface area contributed by atoms with E-state index in [4.69, 9.17) is 5.73 Å². The highest BCUT2D eigenvalue weighted by molar-refractivity contribution is 5.84. The molecule has 0 saturated heterocycles. The zero-order valence-corrected chi connectivity index (χ0v) is 9.32. The number of fused-ring (bicyclic) bond motifs is 1. The lowest BCUT2D eigenvalue weighted by Crippen LogP contribution is -2.35. The normalized spacial score (nSPS) is 10.6. The zero-order chi connectivity index (χ0) is 12.3. The Morgan fingerprint density at radius 3 is 3.00 bits per heavy atom. The summed E-state index contributed by atoms with van der Waals surface area (Å²) in [5.41, 5.74) is 8.62. The van der Waals surface area contributed by atoms with Crippen LogP contribution in [0.5, 0.6) is 0 Å². The lowest BCUT2D eigenvalue weighted by atomic mass is 10.1. The van der Waals surface area contributed by atoms with Gasteiger partial charge in [0.05, 0.1) is 0 Å². The average Bonchev–Trinajstić information content (AvgIpc) is 2.70. The molecule has 1 aromatic heterocycles. The number of carboxylic acid groups (broad SMARTS) is 1. The van der Waals surface area contributed by atoms with Gasteiger partial charge in [-0.1, -0.05) is 6.07 Å². The van der Waals surface area contributed by atoms with Crippen LogP contribution in [0.2, 0.25) is 0 Å². The molecule has 0 spiro atoms. The molecule has 5 nitrogen and oxygen atoms in total. The van der Waals surface area contributed by atoms with Gasteiger partial charge in [-0.3, -0.25) is 0 Å². The lowest BCUT2D eigenvalue weighted by molar-refractivity contribution is -0.251. The number of nitrogens with one attached hydrogen (secondary N) is 2. The molecule has 0 aliphatic rings. The Balaban J connectivity index is 2.27. The fourth-order valence-corrected chi connectivity index (χ4v) is 1.87. The maximum atomic E-state index is 10.3. The number of amides is 1. The van der Waals surface area contributed by atoms with Crippen LogP contribution in [-0.4, -0.2) is 17.6 Å². The van der Waals surface area contributed by atoms with E-state index in [9.17, 15) is 9.90 Å². The Kier molecular flexibility index (Phi) is 3.30. The van der Waals surface area contributed by atoms with Crippen LogP contribution in [0.4, 0.5) is 4.79 Å². The number of benzene rings is 1. The predicted octanol–water partition coefficient (Wildman–Crippen LogP) is 0.102. The minimum Gasteiger partial charge on any atom is -0.530 e. The minimum atomic E-state index is -1.26. The summed E-state index contributed by atoms with van der Waals surface area (Å²) in [6.07, 6.45) is 1.48. The van der Waals surface area contributed by atoms with Gasteiger partial charge in [-0.15, -0.1) is 0 Å². The molecule has 0 radical (unpaired) electrons. The van der Waals surface area contributed by atoms with E-state index in [-0.39, 0.29) is 6.54 Å². The molecule has 0 fully saturated rings. The zero-order valence-electron chi connectivity index (χ0n) is 9.32. The molecule has 0 aliphatic carbocycles. The molecule has 2 aromatic rings. The van der Waals surface area contributed by atoms with E-state index in [1.54, 1.807) is 0 Å². The van der Waals surface area contributed by atoms with E-state index < -0.39 is 6.09 Å². The summed E-state index contributed by atoms with van der Waals surface area (Å²) in [4.78, 5) is 13.5. The van der Waals surface area contributed by atoms with Crippen molar-refractivity contribution >= 4 is 17.0 Å². The molecular weight excluding hydrogens is 218 g/mol. The van der Waals surface area contributed by atoms with Gasteiger partial charge in [-0.05, 0) is 36.2 Å². The third-order valence-electron chi connectivity index (χ3n) is 2.68. The molecule has 17 heavy (non-hydrogen) atoms. The summed E-state index contributed by atoms with van der Waals surface area (Å²) in [6.45, 7) is 0.847. The Hall–Kier alpha value is -2.01. The summed E-state index contributed by atoms with van der Waals surface area (Å²) in [5, 5.41) is 13.6. The van der Waals surface area contributed by atoms with Crippen molar-refractivity contribution in [3.8, 4) is 0 Å². The summed E-state index contributed by atoms with van der Waals surface area (Å²) in [7, 11) is 0. The predicted molar refractivity (Wildman–Crippen MR) is 63.3 cm³/mol. The van der Waals surface area contributed by atoms with E-state index in [0.29, 0.717) is 6.54 Å². The lowest BCUT2D eigenvalue weighted by Gasteiger charge is -2.06. The second kappa shape index (κ2) is 4.88. The maximum absolute atomic E-state index is 10.3. The number of nitrogens with two attached hydrogens (primary N) is 1.